The van der Waals surface area contributed by atoms with Gasteiger partial charge in [-0.25, -0.2) is 0 Å². The Labute approximate surface area is 94.9 Å². The van der Waals surface area contributed by atoms with Crippen LogP contribution >= 0.6 is 0 Å². The Morgan fingerprint density at radius 1 is 1.06 bits per heavy atom. The minimum atomic E-state index is -4.72. The number of nitriles is 3. The molecule has 1 aromatic carbocycles. The molecule has 1 rings (SSSR count). The lowest BCUT2D eigenvalue weighted by molar-refractivity contribution is -0.138. The van der Waals surface area contributed by atoms with Crippen LogP contribution in [-0.4, -0.2) is 0 Å². The van der Waals surface area contributed by atoms with E-state index in [2.05, 4.69) is 0 Å². The molecule has 0 spiro atoms. The Kier molecular flexibility index (Phi) is 3.36. The molecule has 1 aromatic rings. The fourth-order valence-corrected chi connectivity index (χ4v) is 1.41. The van der Waals surface area contributed by atoms with Gasteiger partial charge in [-0.3, -0.25) is 0 Å². The van der Waals surface area contributed by atoms with Gasteiger partial charge in [0.25, 0.3) is 0 Å². The van der Waals surface area contributed by atoms with Crippen molar-refractivity contribution in [1.29, 1.82) is 15.8 Å². The van der Waals surface area contributed by atoms with Gasteiger partial charge in [0.1, 0.15) is 0 Å². The van der Waals surface area contributed by atoms with Gasteiger partial charge >= 0.3 is 6.18 Å². The van der Waals surface area contributed by atoms with Crippen molar-refractivity contribution in [3.63, 3.8) is 0 Å². The molecule has 84 valence electrons. The summed E-state index contributed by atoms with van der Waals surface area (Å²) >= 11 is 0. The second-order valence-electron chi connectivity index (χ2n) is 3.11. The quantitative estimate of drug-likeness (QED) is 0.750. The summed E-state index contributed by atoms with van der Waals surface area (Å²) in [6, 6.07) is 6.47. The zero-order chi connectivity index (χ0) is 13.1. The molecule has 0 radical (unpaired) electrons. The first-order chi connectivity index (χ1) is 7.93. The molecule has 0 bridgehead atoms. The van der Waals surface area contributed by atoms with Crippen molar-refractivity contribution in [2.75, 3.05) is 0 Å². The summed E-state index contributed by atoms with van der Waals surface area (Å²) in [7, 11) is 0. The Morgan fingerprint density at radius 2 is 1.71 bits per heavy atom. The van der Waals surface area contributed by atoms with Crippen LogP contribution in [0.1, 0.15) is 22.3 Å². The van der Waals surface area contributed by atoms with E-state index in [0.29, 0.717) is 0 Å². The molecular formula is C11H4F3N3. The van der Waals surface area contributed by atoms with E-state index in [1.165, 1.54) is 6.07 Å². The van der Waals surface area contributed by atoms with E-state index >= 15 is 0 Å². The van der Waals surface area contributed by atoms with Gasteiger partial charge in [0, 0.05) is 0 Å². The molecule has 0 aliphatic rings. The van der Waals surface area contributed by atoms with Gasteiger partial charge in [-0.2, -0.15) is 29.0 Å². The predicted octanol–water partition coefficient (Wildman–Crippen LogP) is 2.51. The number of hydrogen-bond donors (Lipinski definition) is 0. The predicted molar refractivity (Wildman–Crippen MR) is 50.2 cm³/mol. The van der Waals surface area contributed by atoms with E-state index in [1.54, 1.807) is 12.1 Å². The van der Waals surface area contributed by atoms with Gasteiger partial charge in [0.15, 0.2) is 0 Å². The van der Waals surface area contributed by atoms with Gasteiger partial charge in [-0.1, -0.05) is 0 Å². The number of rotatable bonds is 1. The second kappa shape index (κ2) is 4.55. The first-order valence-corrected chi connectivity index (χ1v) is 4.35. The van der Waals surface area contributed by atoms with Crippen molar-refractivity contribution in [2.45, 2.75) is 12.6 Å². The number of benzene rings is 1. The third kappa shape index (κ3) is 2.53. The largest absolute Gasteiger partial charge is 0.417 e. The normalized spacial score (nSPS) is 10.1. The average Bonchev–Trinajstić information content (AvgIpc) is 2.26. The highest BCUT2D eigenvalue weighted by Gasteiger charge is 2.36. The topological polar surface area (TPSA) is 71.4 Å². The van der Waals surface area contributed by atoms with Crippen LogP contribution in [0.5, 0.6) is 0 Å². The van der Waals surface area contributed by atoms with Crippen molar-refractivity contribution >= 4 is 0 Å². The van der Waals surface area contributed by atoms with E-state index in [-0.39, 0.29) is 11.1 Å². The van der Waals surface area contributed by atoms with Crippen LogP contribution < -0.4 is 0 Å². The number of nitrogens with zero attached hydrogens (tertiary/aromatic N) is 3. The zero-order valence-corrected chi connectivity index (χ0v) is 8.34. The van der Waals surface area contributed by atoms with Crippen LogP contribution in [-0.2, 0) is 12.6 Å². The third-order valence-electron chi connectivity index (χ3n) is 2.02. The second-order valence-corrected chi connectivity index (χ2v) is 3.11. The molecule has 0 heterocycles. The number of alkyl halides is 3. The van der Waals surface area contributed by atoms with Gasteiger partial charge in [-0.15, -0.1) is 0 Å². The number of hydrogen-bond acceptors (Lipinski definition) is 3. The molecule has 0 aliphatic heterocycles. The lowest BCUT2D eigenvalue weighted by Gasteiger charge is -2.13. The van der Waals surface area contributed by atoms with Crippen molar-refractivity contribution < 1.29 is 13.2 Å². The lowest BCUT2D eigenvalue weighted by Crippen LogP contribution is -2.12. The maximum absolute atomic E-state index is 12.7. The van der Waals surface area contributed by atoms with Crippen LogP contribution in [0.15, 0.2) is 12.1 Å². The van der Waals surface area contributed by atoms with Crippen LogP contribution in [0.2, 0.25) is 0 Å². The Morgan fingerprint density at radius 3 is 2.12 bits per heavy atom. The molecule has 0 unspecified atom stereocenters. The summed E-state index contributed by atoms with van der Waals surface area (Å²) in [5.41, 5.74) is -2.20. The molecule has 0 N–H and O–H groups in total. The van der Waals surface area contributed by atoms with Gasteiger partial charge in [-0.05, 0) is 17.7 Å². The van der Waals surface area contributed by atoms with Crippen LogP contribution in [0, 0.1) is 34.0 Å². The van der Waals surface area contributed by atoms with Crippen LogP contribution in [0.3, 0.4) is 0 Å². The Balaban J connectivity index is 3.62. The summed E-state index contributed by atoms with van der Waals surface area (Å²) in [4.78, 5) is 0. The molecule has 0 saturated carbocycles. The summed E-state index contributed by atoms with van der Waals surface area (Å²) in [6.07, 6.45) is -5.22. The van der Waals surface area contributed by atoms with Gasteiger partial charge in [0.05, 0.1) is 41.3 Å². The fourth-order valence-electron chi connectivity index (χ4n) is 1.41. The number of halogens is 3. The van der Waals surface area contributed by atoms with E-state index in [1.807, 2.05) is 0 Å². The molecule has 17 heavy (non-hydrogen) atoms. The van der Waals surface area contributed by atoms with E-state index in [4.69, 9.17) is 15.8 Å². The van der Waals surface area contributed by atoms with E-state index in [9.17, 15) is 13.2 Å². The first kappa shape index (κ1) is 12.5. The molecule has 0 fully saturated rings. The molecule has 0 atom stereocenters. The smallest absolute Gasteiger partial charge is 0.198 e. The van der Waals surface area contributed by atoms with E-state index < -0.39 is 23.7 Å². The molecule has 0 aromatic heterocycles. The fraction of sp³-hybridized carbons (Fsp3) is 0.182. The van der Waals surface area contributed by atoms with Crippen molar-refractivity contribution in [3.05, 3.63) is 34.4 Å². The van der Waals surface area contributed by atoms with Crippen LogP contribution in [0.4, 0.5) is 13.2 Å². The molecular weight excluding hydrogens is 231 g/mol. The molecule has 0 saturated heterocycles. The van der Waals surface area contributed by atoms with Crippen molar-refractivity contribution in [1.82, 2.24) is 0 Å². The summed E-state index contributed by atoms with van der Waals surface area (Å²) in [5.74, 6) is 0. The molecule has 6 heteroatoms. The highest BCUT2D eigenvalue weighted by molar-refractivity contribution is 5.51. The lowest BCUT2D eigenvalue weighted by atomic mass is 9.96. The molecule has 0 amide bonds. The minimum Gasteiger partial charge on any atom is -0.198 e. The molecule has 0 aliphatic carbocycles. The highest BCUT2D eigenvalue weighted by Crippen LogP contribution is 2.35. The SMILES string of the molecule is N#CCc1cc(C#N)cc(C#N)c1C(F)(F)F. The van der Waals surface area contributed by atoms with Crippen LogP contribution in [0.25, 0.3) is 0 Å². The standard InChI is InChI=1S/C11H4F3N3/c12-11(13,14)10-8(1-2-15)3-7(5-16)4-9(10)6-17/h3-4H,1H2. The monoisotopic (exact) mass is 235 g/mol. The van der Waals surface area contributed by atoms with Crippen molar-refractivity contribution in [3.8, 4) is 18.2 Å². The highest BCUT2D eigenvalue weighted by atomic mass is 19.4. The maximum Gasteiger partial charge on any atom is 0.417 e. The molecule has 3 nitrogen and oxygen atoms in total. The Bertz CT molecular complexity index is 568. The Hall–Kier alpha value is -2.52. The third-order valence-corrected chi connectivity index (χ3v) is 2.02. The average molecular weight is 235 g/mol. The summed E-state index contributed by atoms with van der Waals surface area (Å²) in [6.45, 7) is 0. The minimum absolute atomic E-state index is 0.0696. The van der Waals surface area contributed by atoms with Crippen molar-refractivity contribution in [2.24, 2.45) is 0 Å². The van der Waals surface area contributed by atoms with Gasteiger partial charge in [0.2, 0.25) is 0 Å². The van der Waals surface area contributed by atoms with E-state index in [0.717, 1.165) is 12.1 Å². The summed E-state index contributed by atoms with van der Waals surface area (Å²) < 4.78 is 38.1. The summed E-state index contributed by atoms with van der Waals surface area (Å²) in [5, 5.41) is 25.7. The van der Waals surface area contributed by atoms with Gasteiger partial charge < -0.3 is 0 Å². The zero-order valence-electron chi connectivity index (χ0n) is 8.34. The maximum atomic E-state index is 12.7. The first-order valence-electron chi connectivity index (χ1n) is 4.35.